The van der Waals surface area contributed by atoms with Gasteiger partial charge in [-0.25, -0.2) is 0 Å². The van der Waals surface area contributed by atoms with Gasteiger partial charge < -0.3 is 0 Å². The van der Waals surface area contributed by atoms with Gasteiger partial charge in [-0.05, 0) is 36.1 Å². The van der Waals surface area contributed by atoms with Crippen molar-refractivity contribution in [3.05, 3.63) is 98.2 Å². The number of nitriles is 1. The molecule has 166 valence electrons. The minimum Gasteiger partial charge on any atom is -0.198 e. The highest BCUT2D eigenvalue weighted by Crippen LogP contribution is 2.36. The molecule has 1 nitrogen and oxygen atoms in total. The van der Waals surface area contributed by atoms with E-state index in [9.17, 15) is 5.26 Å². The summed E-state index contributed by atoms with van der Waals surface area (Å²) < 4.78 is 0. The van der Waals surface area contributed by atoms with E-state index in [0.717, 1.165) is 22.3 Å². The van der Waals surface area contributed by atoms with Crippen molar-refractivity contribution in [2.24, 2.45) is 11.8 Å². The van der Waals surface area contributed by atoms with Gasteiger partial charge in [0.1, 0.15) is 0 Å². The van der Waals surface area contributed by atoms with E-state index in [1.807, 2.05) is 91.8 Å². The number of nitrogens with zero attached hydrogens (tertiary/aromatic N) is 1. The summed E-state index contributed by atoms with van der Waals surface area (Å²) in [5, 5.41) is 9.39. The van der Waals surface area contributed by atoms with Crippen LogP contribution in [0.15, 0.2) is 87.0 Å². The molecule has 0 heterocycles. The van der Waals surface area contributed by atoms with E-state index in [1.54, 1.807) is 18.2 Å². The normalized spacial score (nSPS) is 10.2. The summed E-state index contributed by atoms with van der Waals surface area (Å²) in [4.78, 5) is 0. The van der Waals surface area contributed by atoms with Gasteiger partial charge in [-0.15, -0.1) is 13.2 Å². The molecule has 0 amide bonds. The number of allylic oxidation sites excluding steroid dienone is 6. The number of benzene rings is 1. The largest absolute Gasteiger partial charge is 0.198 e. The lowest BCUT2D eigenvalue weighted by molar-refractivity contribution is 0.685. The first kappa shape index (κ1) is 34.6. The van der Waals surface area contributed by atoms with Crippen molar-refractivity contribution in [1.82, 2.24) is 0 Å². The average molecular weight is 408 g/mol. The van der Waals surface area contributed by atoms with Gasteiger partial charge in [0.15, 0.2) is 0 Å². The third-order valence-electron chi connectivity index (χ3n) is 3.44. The zero-order valence-electron chi connectivity index (χ0n) is 20.8. The summed E-state index contributed by atoms with van der Waals surface area (Å²) in [6, 6.07) is 10.2. The number of hydrogen-bond donors (Lipinski definition) is 0. The van der Waals surface area contributed by atoms with Crippen LogP contribution in [-0.4, -0.2) is 0 Å². The molecule has 0 aliphatic rings. The molecule has 1 aromatic carbocycles. The molecule has 0 spiro atoms. The zero-order chi connectivity index (χ0) is 24.5. The molecule has 0 bridgehead atoms. The van der Waals surface area contributed by atoms with E-state index in [2.05, 4.69) is 39.0 Å². The van der Waals surface area contributed by atoms with Crippen molar-refractivity contribution in [1.29, 1.82) is 5.26 Å². The Hall–Kier alpha value is -2.85. The molecule has 0 fully saturated rings. The third-order valence-corrected chi connectivity index (χ3v) is 3.44. The summed E-state index contributed by atoms with van der Waals surface area (Å²) in [6.07, 6.45) is 9.03. The summed E-state index contributed by atoms with van der Waals surface area (Å²) in [7, 11) is 0. The lowest BCUT2D eigenvalue weighted by atomic mass is 9.78. The van der Waals surface area contributed by atoms with E-state index >= 15 is 0 Å². The van der Waals surface area contributed by atoms with Gasteiger partial charge in [-0.3, -0.25) is 0 Å². The molecule has 0 saturated carbocycles. The van der Waals surface area contributed by atoms with Gasteiger partial charge in [0, 0.05) is 5.92 Å². The van der Waals surface area contributed by atoms with E-state index in [4.69, 9.17) is 0 Å². The Morgan fingerprint density at radius 3 is 1.77 bits per heavy atom. The van der Waals surface area contributed by atoms with Crippen LogP contribution in [0, 0.1) is 23.2 Å². The van der Waals surface area contributed by atoms with Gasteiger partial charge in [0.25, 0.3) is 0 Å². The summed E-state index contributed by atoms with van der Waals surface area (Å²) in [5.74, 6) is -0.552. The van der Waals surface area contributed by atoms with Crippen molar-refractivity contribution >= 4 is 11.6 Å². The van der Waals surface area contributed by atoms with Gasteiger partial charge in [-0.2, -0.15) is 5.26 Å². The fraction of sp³-hybridized carbons (Fsp3) is 0.345. The van der Waals surface area contributed by atoms with Crippen LogP contribution in [0.1, 0.15) is 66.5 Å². The topological polar surface area (TPSA) is 23.8 Å². The van der Waals surface area contributed by atoms with Crippen molar-refractivity contribution < 1.29 is 0 Å². The second-order valence-corrected chi connectivity index (χ2v) is 5.17. The fourth-order valence-corrected chi connectivity index (χ4v) is 2.39. The minimum atomic E-state index is -0.362. The Balaban J connectivity index is -0.000000327. The molecule has 0 aromatic heterocycles. The first-order chi connectivity index (χ1) is 14.5. The standard InChI is InChI=1S/C20H21N.C3H6.3C2H6/c1-6-11-15(4)20(18(8-3)14-21)16(5)19-13-10-9-12-17(19)7-2;1-3-2;3*1-2/h6-13,18,20H,2-5H2,1H3;3H,1H2,2H3;3*1-2H3/b11-6-;;;;. The Morgan fingerprint density at radius 2 is 1.40 bits per heavy atom. The Labute approximate surface area is 188 Å². The van der Waals surface area contributed by atoms with Gasteiger partial charge in [0.05, 0.1) is 12.0 Å². The van der Waals surface area contributed by atoms with Crippen LogP contribution in [0.2, 0.25) is 0 Å². The van der Waals surface area contributed by atoms with E-state index in [0.29, 0.717) is 0 Å². The molecular formula is C29H45N. The summed E-state index contributed by atoms with van der Waals surface area (Å²) in [5.41, 5.74) is 3.71. The lowest BCUT2D eigenvalue weighted by Gasteiger charge is -2.24. The first-order valence-corrected chi connectivity index (χ1v) is 10.8. The van der Waals surface area contributed by atoms with E-state index in [1.165, 1.54) is 0 Å². The maximum atomic E-state index is 9.39. The van der Waals surface area contributed by atoms with Gasteiger partial charge in [0.2, 0.25) is 0 Å². The number of hydrogen-bond acceptors (Lipinski definition) is 1. The van der Waals surface area contributed by atoms with Crippen LogP contribution in [0.5, 0.6) is 0 Å². The molecule has 0 N–H and O–H groups in total. The predicted molar refractivity (Wildman–Crippen MR) is 142 cm³/mol. The quantitative estimate of drug-likeness (QED) is 0.326. The molecule has 0 aliphatic carbocycles. The maximum Gasteiger partial charge on any atom is 0.0749 e. The van der Waals surface area contributed by atoms with Crippen molar-refractivity contribution in [2.45, 2.75) is 55.4 Å². The smallest absolute Gasteiger partial charge is 0.0749 e. The van der Waals surface area contributed by atoms with E-state index < -0.39 is 0 Å². The van der Waals surface area contributed by atoms with Crippen LogP contribution in [-0.2, 0) is 0 Å². The van der Waals surface area contributed by atoms with Crippen LogP contribution in [0.3, 0.4) is 0 Å². The van der Waals surface area contributed by atoms with Crippen molar-refractivity contribution in [3.8, 4) is 6.07 Å². The minimum absolute atomic E-state index is 0.190. The van der Waals surface area contributed by atoms with Gasteiger partial charge in [-0.1, -0.05) is 116 Å². The molecule has 0 saturated heterocycles. The Bertz CT molecular complexity index is 668. The van der Waals surface area contributed by atoms with Crippen LogP contribution >= 0.6 is 0 Å². The monoisotopic (exact) mass is 407 g/mol. The van der Waals surface area contributed by atoms with Crippen LogP contribution < -0.4 is 0 Å². The second-order valence-electron chi connectivity index (χ2n) is 5.17. The molecule has 1 aromatic rings. The average Bonchev–Trinajstić information content (AvgIpc) is 2.81. The van der Waals surface area contributed by atoms with E-state index in [-0.39, 0.29) is 11.8 Å². The molecular weight excluding hydrogens is 362 g/mol. The van der Waals surface area contributed by atoms with Crippen molar-refractivity contribution in [3.63, 3.8) is 0 Å². The number of rotatable bonds is 7. The molecule has 0 aliphatic heterocycles. The Morgan fingerprint density at radius 1 is 0.933 bits per heavy atom. The first-order valence-electron chi connectivity index (χ1n) is 10.8. The third kappa shape index (κ3) is 13.3. The molecule has 2 unspecified atom stereocenters. The fourth-order valence-electron chi connectivity index (χ4n) is 2.39. The highest BCUT2D eigenvalue weighted by atomic mass is 14.3. The highest BCUT2D eigenvalue weighted by molar-refractivity contribution is 5.76. The molecule has 1 rings (SSSR count). The maximum absolute atomic E-state index is 9.39. The summed E-state index contributed by atoms with van der Waals surface area (Å²) >= 11 is 0. The Kier molecular flexibility index (Phi) is 30.2. The molecule has 1 heteroatoms. The predicted octanol–water partition coefficient (Wildman–Crippen LogP) is 9.69. The van der Waals surface area contributed by atoms with Crippen LogP contribution in [0.4, 0.5) is 0 Å². The molecule has 0 radical (unpaired) electrons. The van der Waals surface area contributed by atoms with Gasteiger partial charge >= 0.3 is 0 Å². The SMILES string of the molecule is C=CC.C=Cc1ccccc1C(=C)C(C(=C)/C=C\C)C(C#N)C=C.CC.CC.CC. The summed E-state index contributed by atoms with van der Waals surface area (Å²) in [6.45, 7) is 35.1. The second kappa shape index (κ2) is 26.1. The van der Waals surface area contributed by atoms with Crippen molar-refractivity contribution in [2.75, 3.05) is 0 Å². The lowest BCUT2D eigenvalue weighted by Crippen LogP contribution is -2.15. The van der Waals surface area contributed by atoms with Crippen LogP contribution in [0.25, 0.3) is 11.6 Å². The zero-order valence-corrected chi connectivity index (χ0v) is 20.8. The highest BCUT2D eigenvalue weighted by Gasteiger charge is 2.25. The molecule has 30 heavy (non-hydrogen) atoms. The molecule has 2 atom stereocenters.